The van der Waals surface area contributed by atoms with Gasteiger partial charge in [-0.3, -0.25) is 14.5 Å². The van der Waals surface area contributed by atoms with E-state index in [4.69, 9.17) is 0 Å². The van der Waals surface area contributed by atoms with Crippen molar-refractivity contribution in [2.45, 2.75) is 52.2 Å². The molecule has 3 aromatic rings. The average Bonchev–Trinajstić information content (AvgIpc) is 2.95. The van der Waals surface area contributed by atoms with Crippen LogP contribution in [0.1, 0.15) is 58.4 Å². The minimum absolute atomic E-state index is 0.0544. The minimum Gasteiger partial charge on any atom is -0.350 e. The van der Waals surface area contributed by atoms with Crippen LogP contribution in [0.25, 0.3) is 0 Å². The van der Waals surface area contributed by atoms with Crippen molar-refractivity contribution >= 4 is 11.8 Å². The van der Waals surface area contributed by atoms with Crippen LogP contribution in [-0.2, 0) is 11.3 Å². The lowest BCUT2D eigenvalue weighted by atomic mass is 10.0. The summed E-state index contributed by atoms with van der Waals surface area (Å²) in [4.78, 5) is 30.9. The van der Waals surface area contributed by atoms with Crippen LogP contribution in [0.5, 0.6) is 0 Å². The normalized spacial score (nSPS) is 15.1. The van der Waals surface area contributed by atoms with Gasteiger partial charge in [0.05, 0.1) is 12.6 Å². The van der Waals surface area contributed by atoms with Crippen LogP contribution in [0.4, 0.5) is 0 Å². The second-order valence-electron chi connectivity index (χ2n) is 10.6. The summed E-state index contributed by atoms with van der Waals surface area (Å²) in [6.45, 7) is 10.2. The molecule has 1 unspecified atom stereocenters. The molecule has 1 aliphatic rings. The van der Waals surface area contributed by atoms with Gasteiger partial charge in [-0.2, -0.15) is 0 Å². The van der Waals surface area contributed by atoms with Crippen molar-refractivity contribution in [1.82, 2.24) is 20.4 Å². The summed E-state index contributed by atoms with van der Waals surface area (Å²) in [6, 6.07) is 26.5. The minimum atomic E-state index is -0.243. The fraction of sp³-hybridized carbons (Fsp3) is 0.394. The third-order valence-corrected chi connectivity index (χ3v) is 7.54. The molecule has 206 valence electrons. The highest BCUT2D eigenvalue weighted by Crippen LogP contribution is 2.21. The van der Waals surface area contributed by atoms with Crippen molar-refractivity contribution in [2.75, 3.05) is 32.7 Å². The van der Waals surface area contributed by atoms with Crippen LogP contribution >= 0.6 is 0 Å². The average molecular weight is 527 g/mol. The molecule has 1 atom stereocenters. The molecule has 0 bridgehead atoms. The number of hydrogen-bond acceptors (Lipinski definition) is 4. The maximum absolute atomic E-state index is 13.5. The van der Waals surface area contributed by atoms with E-state index < -0.39 is 0 Å². The van der Waals surface area contributed by atoms with E-state index in [-0.39, 0.29) is 17.9 Å². The molecule has 6 nitrogen and oxygen atoms in total. The molecule has 1 saturated heterocycles. The van der Waals surface area contributed by atoms with Crippen molar-refractivity contribution in [3.63, 3.8) is 0 Å². The lowest BCUT2D eigenvalue weighted by Crippen LogP contribution is -2.48. The SMILES string of the molecule is CCN(C(=O)CNC1CCN(Cc2ccccc2)CC1)C(CNC(=O)c1cc(C)cc(C)c1)c1ccccc1. The molecular formula is C33H42N4O2. The lowest BCUT2D eigenvalue weighted by molar-refractivity contribution is -0.132. The van der Waals surface area contributed by atoms with E-state index in [1.54, 1.807) is 0 Å². The highest BCUT2D eigenvalue weighted by atomic mass is 16.2. The Morgan fingerprint density at radius 2 is 1.54 bits per heavy atom. The topological polar surface area (TPSA) is 64.7 Å². The molecule has 2 amide bonds. The number of piperidine rings is 1. The van der Waals surface area contributed by atoms with E-state index in [1.165, 1.54) is 5.56 Å². The molecule has 4 rings (SSSR count). The molecule has 2 N–H and O–H groups in total. The molecule has 0 aliphatic carbocycles. The Labute approximate surface area is 233 Å². The Kier molecular flexibility index (Phi) is 10.3. The number of nitrogens with zero attached hydrogens (tertiary/aromatic N) is 2. The van der Waals surface area contributed by atoms with Gasteiger partial charge in [-0.05, 0) is 70.0 Å². The number of nitrogens with one attached hydrogen (secondary N) is 2. The number of hydrogen-bond donors (Lipinski definition) is 2. The fourth-order valence-corrected chi connectivity index (χ4v) is 5.52. The number of amides is 2. The Morgan fingerprint density at radius 1 is 0.923 bits per heavy atom. The van der Waals surface area contributed by atoms with Gasteiger partial charge in [0.25, 0.3) is 5.91 Å². The van der Waals surface area contributed by atoms with E-state index in [0.29, 0.717) is 31.2 Å². The summed E-state index contributed by atoms with van der Waals surface area (Å²) < 4.78 is 0. The Balaban J connectivity index is 1.34. The van der Waals surface area contributed by atoms with Crippen LogP contribution in [-0.4, -0.2) is 60.4 Å². The van der Waals surface area contributed by atoms with E-state index >= 15 is 0 Å². The molecule has 0 radical (unpaired) electrons. The first kappa shape index (κ1) is 28.5. The van der Waals surface area contributed by atoms with Crippen LogP contribution < -0.4 is 10.6 Å². The van der Waals surface area contributed by atoms with Gasteiger partial charge in [0.15, 0.2) is 0 Å². The number of rotatable bonds is 11. The van der Waals surface area contributed by atoms with Gasteiger partial charge in [0.1, 0.15) is 0 Å². The number of carbonyl (C=O) groups is 2. The van der Waals surface area contributed by atoms with Gasteiger partial charge in [-0.25, -0.2) is 0 Å². The maximum atomic E-state index is 13.5. The summed E-state index contributed by atoms with van der Waals surface area (Å²) in [5.41, 5.74) is 5.12. The number of likely N-dealkylation sites (tertiary alicyclic amines) is 1. The first-order valence-electron chi connectivity index (χ1n) is 14.1. The van der Waals surface area contributed by atoms with Crippen molar-refractivity contribution in [3.8, 4) is 0 Å². The van der Waals surface area contributed by atoms with E-state index in [1.807, 2.05) is 68.1 Å². The van der Waals surface area contributed by atoms with Gasteiger partial charge in [0.2, 0.25) is 5.91 Å². The molecule has 0 saturated carbocycles. The van der Waals surface area contributed by atoms with Crippen LogP contribution in [0.15, 0.2) is 78.9 Å². The predicted octanol–water partition coefficient (Wildman–Crippen LogP) is 4.88. The molecule has 1 aliphatic heterocycles. The van der Waals surface area contributed by atoms with E-state index in [2.05, 4.69) is 51.9 Å². The Morgan fingerprint density at radius 3 is 2.15 bits per heavy atom. The lowest BCUT2D eigenvalue weighted by Gasteiger charge is -2.34. The number of likely N-dealkylation sites (N-methyl/N-ethyl adjacent to an activating group) is 1. The molecule has 0 aromatic heterocycles. The van der Waals surface area contributed by atoms with Crippen LogP contribution in [0.2, 0.25) is 0 Å². The van der Waals surface area contributed by atoms with Gasteiger partial charge >= 0.3 is 0 Å². The summed E-state index contributed by atoms with van der Waals surface area (Å²) in [5.74, 6) is -0.0645. The standard InChI is InChI=1S/C33H42N4O2/c1-4-37(32(38)23-34-30-15-17-36(18-16-30)24-27-11-7-5-8-12-27)31(28-13-9-6-10-14-28)22-35-33(39)29-20-25(2)19-26(3)21-29/h5-14,19-21,30-31,34H,4,15-18,22-24H2,1-3H3,(H,35,39). The summed E-state index contributed by atoms with van der Waals surface area (Å²) in [7, 11) is 0. The number of carbonyl (C=O) groups excluding carboxylic acids is 2. The summed E-state index contributed by atoms with van der Waals surface area (Å²) in [5, 5.41) is 6.62. The smallest absolute Gasteiger partial charge is 0.251 e. The van der Waals surface area contributed by atoms with Crippen LogP contribution in [0.3, 0.4) is 0 Å². The largest absolute Gasteiger partial charge is 0.350 e. The molecule has 0 spiro atoms. The summed E-state index contributed by atoms with van der Waals surface area (Å²) >= 11 is 0. The molecule has 6 heteroatoms. The second-order valence-corrected chi connectivity index (χ2v) is 10.6. The monoisotopic (exact) mass is 526 g/mol. The zero-order valence-electron chi connectivity index (χ0n) is 23.5. The van der Waals surface area contributed by atoms with Crippen molar-refractivity contribution in [2.24, 2.45) is 0 Å². The first-order chi connectivity index (χ1) is 18.9. The Bertz CT molecular complexity index is 1190. The van der Waals surface area contributed by atoms with Crippen molar-refractivity contribution in [3.05, 3.63) is 107 Å². The third kappa shape index (κ3) is 8.25. The quantitative estimate of drug-likeness (QED) is 0.374. The molecule has 39 heavy (non-hydrogen) atoms. The molecule has 1 heterocycles. The van der Waals surface area contributed by atoms with E-state index in [0.717, 1.165) is 49.2 Å². The number of aryl methyl sites for hydroxylation is 2. The van der Waals surface area contributed by atoms with Gasteiger partial charge in [-0.15, -0.1) is 0 Å². The van der Waals surface area contributed by atoms with Gasteiger partial charge in [-0.1, -0.05) is 77.9 Å². The predicted molar refractivity (Wildman–Crippen MR) is 158 cm³/mol. The summed E-state index contributed by atoms with van der Waals surface area (Å²) in [6.07, 6.45) is 2.06. The molecule has 3 aromatic carbocycles. The Hall–Kier alpha value is -3.48. The molecule has 1 fully saturated rings. The van der Waals surface area contributed by atoms with Crippen molar-refractivity contribution in [1.29, 1.82) is 0 Å². The maximum Gasteiger partial charge on any atom is 0.251 e. The van der Waals surface area contributed by atoms with Gasteiger partial charge < -0.3 is 15.5 Å². The zero-order valence-corrected chi connectivity index (χ0v) is 23.5. The fourth-order valence-electron chi connectivity index (χ4n) is 5.52. The van der Waals surface area contributed by atoms with Crippen LogP contribution in [0, 0.1) is 13.8 Å². The second kappa shape index (κ2) is 14.1. The third-order valence-electron chi connectivity index (χ3n) is 7.54. The number of benzene rings is 3. The molecular weight excluding hydrogens is 484 g/mol. The van der Waals surface area contributed by atoms with Crippen molar-refractivity contribution < 1.29 is 9.59 Å². The zero-order chi connectivity index (χ0) is 27.6. The van der Waals surface area contributed by atoms with E-state index in [9.17, 15) is 9.59 Å². The first-order valence-corrected chi connectivity index (χ1v) is 14.1. The highest BCUT2D eigenvalue weighted by Gasteiger charge is 2.26. The highest BCUT2D eigenvalue weighted by molar-refractivity contribution is 5.94. The van der Waals surface area contributed by atoms with Gasteiger partial charge in [0, 0.05) is 31.2 Å².